The third-order valence-electron chi connectivity index (χ3n) is 5.99. The van der Waals surface area contributed by atoms with E-state index in [2.05, 4.69) is 26.8 Å². The minimum atomic E-state index is -0.556. The van der Waals surface area contributed by atoms with Crippen molar-refractivity contribution in [2.45, 2.75) is 37.6 Å². The number of hydrogen-bond acceptors (Lipinski definition) is 5. The molecule has 168 valence electrons. The SMILES string of the molecule is CCC(C(=O)NCC1(c2cccc(Cl)c2)CCOCC1)n1nnc(-c2ccc(Cl)cc2)n1. The van der Waals surface area contributed by atoms with Gasteiger partial charge in [-0.15, -0.1) is 10.2 Å². The summed E-state index contributed by atoms with van der Waals surface area (Å²) >= 11 is 12.2. The van der Waals surface area contributed by atoms with E-state index < -0.39 is 6.04 Å². The number of nitrogens with zero attached hydrogens (tertiary/aromatic N) is 4. The highest BCUT2D eigenvalue weighted by Gasteiger charge is 2.36. The second-order valence-electron chi connectivity index (χ2n) is 7.99. The molecular weight excluding hydrogens is 449 g/mol. The maximum Gasteiger partial charge on any atom is 0.246 e. The lowest BCUT2D eigenvalue weighted by atomic mass is 9.74. The lowest BCUT2D eigenvalue weighted by Crippen LogP contribution is -2.46. The number of halogens is 2. The van der Waals surface area contributed by atoms with E-state index in [9.17, 15) is 4.79 Å². The summed E-state index contributed by atoms with van der Waals surface area (Å²) < 4.78 is 5.59. The van der Waals surface area contributed by atoms with Gasteiger partial charge in [0.25, 0.3) is 0 Å². The number of ether oxygens (including phenoxy) is 1. The molecule has 2 aromatic carbocycles. The number of amides is 1. The van der Waals surface area contributed by atoms with Crippen molar-refractivity contribution in [1.82, 2.24) is 25.5 Å². The number of carbonyl (C=O) groups is 1. The summed E-state index contributed by atoms with van der Waals surface area (Å²) in [4.78, 5) is 14.5. The van der Waals surface area contributed by atoms with Gasteiger partial charge in [-0.05, 0) is 66.4 Å². The van der Waals surface area contributed by atoms with E-state index in [4.69, 9.17) is 27.9 Å². The molecular formula is C23H25Cl2N5O2. The standard InChI is InChI=1S/C23H25Cl2N5O2/c1-2-20(30-28-21(27-29-30)16-6-8-18(24)9-7-16)22(31)26-15-23(10-12-32-13-11-23)17-4-3-5-19(25)14-17/h3-9,14,20H,2,10-13,15H2,1H3,(H,26,31). The van der Waals surface area contributed by atoms with Crippen LogP contribution in [0.2, 0.25) is 10.0 Å². The third kappa shape index (κ3) is 4.95. The first-order valence-electron chi connectivity index (χ1n) is 10.7. The number of tetrazole rings is 1. The van der Waals surface area contributed by atoms with Crippen molar-refractivity contribution < 1.29 is 9.53 Å². The summed E-state index contributed by atoms with van der Waals surface area (Å²) in [6.07, 6.45) is 2.16. The number of nitrogens with one attached hydrogen (secondary N) is 1. The number of rotatable bonds is 7. The van der Waals surface area contributed by atoms with E-state index in [1.165, 1.54) is 4.80 Å². The molecule has 1 unspecified atom stereocenters. The van der Waals surface area contributed by atoms with Gasteiger partial charge in [0.2, 0.25) is 11.7 Å². The Labute approximate surface area is 197 Å². The van der Waals surface area contributed by atoms with Gasteiger partial charge in [-0.3, -0.25) is 4.79 Å². The Kier molecular flexibility index (Phi) is 7.08. The molecule has 1 aliphatic heterocycles. The number of aromatic nitrogens is 4. The minimum absolute atomic E-state index is 0.138. The predicted octanol–water partition coefficient (Wildman–Crippen LogP) is 4.46. The average Bonchev–Trinajstić information content (AvgIpc) is 3.29. The van der Waals surface area contributed by atoms with Crippen LogP contribution < -0.4 is 5.32 Å². The fourth-order valence-corrected chi connectivity index (χ4v) is 4.36. The van der Waals surface area contributed by atoms with Crippen LogP contribution in [0.1, 0.15) is 37.8 Å². The average molecular weight is 474 g/mol. The summed E-state index contributed by atoms with van der Waals surface area (Å²) in [7, 11) is 0. The largest absolute Gasteiger partial charge is 0.381 e. The van der Waals surface area contributed by atoms with Gasteiger partial charge in [-0.1, -0.05) is 42.3 Å². The smallest absolute Gasteiger partial charge is 0.246 e. The van der Waals surface area contributed by atoms with Crippen LogP contribution in [-0.4, -0.2) is 45.9 Å². The summed E-state index contributed by atoms with van der Waals surface area (Å²) in [6.45, 7) is 3.71. The Balaban J connectivity index is 1.49. The van der Waals surface area contributed by atoms with Crippen LogP contribution in [-0.2, 0) is 14.9 Å². The van der Waals surface area contributed by atoms with E-state index in [-0.39, 0.29) is 11.3 Å². The Morgan fingerprint density at radius 3 is 2.59 bits per heavy atom. The van der Waals surface area contributed by atoms with Crippen molar-refractivity contribution in [2.24, 2.45) is 0 Å². The summed E-state index contributed by atoms with van der Waals surface area (Å²) in [5, 5.41) is 17.1. The number of benzene rings is 2. The Hall–Kier alpha value is -2.48. The van der Waals surface area contributed by atoms with Crippen molar-refractivity contribution in [3.8, 4) is 11.4 Å². The van der Waals surface area contributed by atoms with Gasteiger partial charge < -0.3 is 10.1 Å². The Morgan fingerprint density at radius 1 is 1.16 bits per heavy atom. The van der Waals surface area contributed by atoms with Crippen LogP contribution in [0.25, 0.3) is 11.4 Å². The molecule has 4 rings (SSSR count). The molecule has 1 aliphatic rings. The normalized spacial score (nSPS) is 16.5. The topological polar surface area (TPSA) is 81.9 Å². The Morgan fingerprint density at radius 2 is 1.91 bits per heavy atom. The zero-order valence-corrected chi connectivity index (χ0v) is 19.3. The van der Waals surface area contributed by atoms with Gasteiger partial charge >= 0.3 is 0 Å². The maximum absolute atomic E-state index is 13.1. The summed E-state index contributed by atoms with van der Waals surface area (Å²) in [5.41, 5.74) is 1.69. The molecule has 0 saturated carbocycles. The summed E-state index contributed by atoms with van der Waals surface area (Å²) in [6, 6.07) is 14.5. The van der Waals surface area contributed by atoms with E-state index in [1.54, 1.807) is 12.1 Å². The highest BCUT2D eigenvalue weighted by atomic mass is 35.5. The third-order valence-corrected chi connectivity index (χ3v) is 6.47. The fourth-order valence-electron chi connectivity index (χ4n) is 4.05. The second-order valence-corrected chi connectivity index (χ2v) is 8.86. The van der Waals surface area contributed by atoms with Gasteiger partial charge in [0, 0.05) is 40.8 Å². The van der Waals surface area contributed by atoms with Crippen LogP contribution in [0.15, 0.2) is 48.5 Å². The Bertz CT molecular complexity index is 1060. The van der Waals surface area contributed by atoms with Crippen molar-refractivity contribution in [2.75, 3.05) is 19.8 Å². The fraction of sp³-hybridized carbons (Fsp3) is 0.391. The van der Waals surface area contributed by atoms with Crippen molar-refractivity contribution in [3.05, 3.63) is 64.1 Å². The molecule has 1 aromatic heterocycles. The first kappa shape index (κ1) is 22.7. The molecule has 1 saturated heterocycles. The zero-order chi connectivity index (χ0) is 22.6. The molecule has 0 bridgehead atoms. The molecule has 0 spiro atoms. The molecule has 1 fully saturated rings. The van der Waals surface area contributed by atoms with Crippen LogP contribution in [0.4, 0.5) is 0 Å². The minimum Gasteiger partial charge on any atom is -0.381 e. The lowest BCUT2D eigenvalue weighted by molar-refractivity contribution is -0.125. The quantitative estimate of drug-likeness (QED) is 0.547. The summed E-state index contributed by atoms with van der Waals surface area (Å²) in [5.74, 6) is 0.313. The van der Waals surface area contributed by atoms with Crippen LogP contribution in [0.5, 0.6) is 0 Å². The van der Waals surface area contributed by atoms with Crippen LogP contribution in [0, 0.1) is 0 Å². The molecule has 3 aromatic rings. The monoisotopic (exact) mass is 473 g/mol. The molecule has 32 heavy (non-hydrogen) atoms. The van der Waals surface area contributed by atoms with Crippen molar-refractivity contribution in [3.63, 3.8) is 0 Å². The molecule has 1 atom stereocenters. The van der Waals surface area contributed by atoms with E-state index >= 15 is 0 Å². The van der Waals surface area contributed by atoms with E-state index in [0.717, 1.165) is 24.0 Å². The highest BCUT2D eigenvalue weighted by Crippen LogP contribution is 2.35. The van der Waals surface area contributed by atoms with Crippen LogP contribution >= 0.6 is 23.2 Å². The zero-order valence-electron chi connectivity index (χ0n) is 17.8. The first-order chi connectivity index (χ1) is 15.5. The molecule has 1 N–H and O–H groups in total. The number of carbonyl (C=O) groups excluding carboxylic acids is 1. The molecule has 7 nitrogen and oxygen atoms in total. The molecule has 1 amide bonds. The highest BCUT2D eigenvalue weighted by molar-refractivity contribution is 6.30. The predicted molar refractivity (Wildman–Crippen MR) is 124 cm³/mol. The number of hydrogen-bond donors (Lipinski definition) is 1. The first-order valence-corrected chi connectivity index (χ1v) is 11.4. The van der Waals surface area contributed by atoms with Gasteiger partial charge in [0.1, 0.15) is 0 Å². The molecule has 0 aliphatic carbocycles. The molecule has 9 heteroatoms. The van der Waals surface area contributed by atoms with Gasteiger partial charge in [0.15, 0.2) is 6.04 Å². The van der Waals surface area contributed by atoms with Crippen LogP contribution in [0.3, 0.4) is 0 Å². The second kappa shape index (κ2) is 9.98. The van der Waals surface area contributed by atoms with E-state index in [1.807, 2.05) is 37.3 Å². The van der Waals surface area contributed by atoms with E-state index in [0.29, 0.717) is 42.0 Å². The molecule has 2 heterocycles. The van der Waals surface area contributed by atoms with Crippen molar-refractivity contribution >= 4 is 29.1 Å². The lowest BCUT2D eigenvalue weighted by Gasteiger charge is -2.38. The molecule has 0 radical (unpaired) electrons. The van der Waals surface area contributed by atoms with Gasteiger partial charge in [-0.2, -0.15) is 4.80 Å². The van der Waals surface area contributed by atoms with Crippen molar-refractivity contribution in [1.29, 1.82) is 0 Å². The van der Waals surface area contributed by atoms with Gasteiger partial charge in [-0.25, -0.2) is 0 Å². The van der Waals surface area contributed by atoms with Gasteiger partial charge in [0.05, 0.1) is 0 Å². The maximum atomic E-state index is 13.1.